The predicted octanol–water partition coefficient (Wildman–Crippen LogP) is 1.83. The van der Waals surface area contributed by atoms with Crippen molar-refractivity contribution in [3.05, 3.63) is 11.2 Å². The van der Waals surface area contributed by atoms with Crippen LogP contribution in [0.4, 0.5) is 13.2 Å². The molecule has 0 aliphatic heterocycles. The van der Waals surface area contributed by atoms with Gasteiger partial charge in [-0.1, -0.05) is 11.3 Å². The summed E-state index contributed by atoms with van der Waals surface area (Å²) < 4.78 is 51.1. The van der Waals surface area contributed by atoms with E-state index < -0.39 is 22.3 Å². The Hall–Kier alpha value is -0.470. The Bertz CT molecular complexity index is 322. The van der Waals surface area contributed by atoms with E-state index in [1.165, 1.54) is 0 Å². The zero-order chi connectivity index (χ0) is 10.1. The third-order valence-corrected chi connectivity index (χ3v) is 3.27. The number of alkyl halides is 3. The van der Waals surface area contributed by atoms with E-state index in [-0.39, 0.29) is 4.21 Å². The van der Waals surface area contributed by atoms with E-state index in [0.29, 0.717) is 11.3 Å². The van der Waals surface area contributed by atoms with Gasteiger partial charge in [0, 0.05) is 0 Å². The number of aromatic nitrogens is 1. The monoisotopic (exact) mass is 231 g/mol. The summed E-state index contributed by atoms with van der Waals surface area (Å²) in [6, 6.07) is 0. The molecule has 0 spiro atoms. The summed E-state index contributed by atoms with van der Waals surface area (Å²) in [4.78, 5) is 3.08. The molecule has 0 N–H and O–H groups in total. The van der Waals surface area contributed by atoms with E-state index in [4.69, 9.17) is 0 Å². The van der Waals surface area contributed by atoms with Crippen LogP contribution in [0.15, 0.2) is 10.4 Å². The molecular formula is C5H4F3NO2S2. The molecule has 74 valence electrons. The molecule has 0 aromatic carbocycles. The Balaban J connectivity index is 2.93. The van der Waals surface area contributed by atoms with Crippen LogP contribution >= 0.6 is 11.3 Å². The minimum absolute atomic E-state index is 0.0465. The minimum Gasteiger partial charge on any atom is -0.289 e. The molecule has 0 aliphatic rings. The third kappa shape index (κ3) is 2.48. The quantitative estimate of drug-likeness (QED) is 0.779. The molecule has 0 bridgehead atoms. The van der Waals surface area contributed by atoms with Gasteiger partial charge in [-0.15, -0.1) is 0 Å². The Morgan fingerprint density at radius 2 is 2.23 bits per heavy atom. The van der Waals surface area contributed by atoms with Gasteiger partial charge in [0.1, 0.15) is 4.21 Å². The number of rotatable bonds is 2. The molecule has 13 heavy (non-hydrogen) atoms. The first-order chi connectivity index (χ1) is 5.95. The topological polar surface area (TPSA) is 39.2 Å². The number of hydrogen-bond acceptors (Lipinski definition) is 4. The molecule has 1 atom stereocenters. The van der Waals surface area contributed by atoms with Gasteiger partial charge < -0.3 is 0 Å². The summed E-state index contributed by atoms with van der Waals surface area (Å²) in [5.41, 5.74) is 0. The third-order valence-electron chi connectivity index (χ3n) is 1.04. The zero-order valence-corrected chi connectivity index (χ0v) is 7.92. The van der Waals surface area contributed by atoms with Crippen LogP contribution in [0.2, 0.25) is 0 Å². The molecule has 3 nitrogen and oxygen atoms in total. The fourth-order valence-electron chi connectivity index (χ4n) is 0.550. The maximum Gasteiger partial charge on any atom is 0.443 e. The second kappa shape index (κ2) is 3.72. The molecule has 0 aliphatic carbocycles. The highest BCUT2D eigenvalue weighted by atomic mass is 32.2. The average Bonchev–Trinajstić information content (AvgIpc) is 2.50. The number of nitrogens with zero attached hydrogens (tertiary/aromatic N) is 1. The molecular weight excluding hydrogens is 227 g/mol. The van der Waals surface area contributed by atoms with Crippen molar-refractivity contribution in [1.29, 1.82) is 0 Å². The van der Waals surface area contributed by atoms with Crippen molar-refractivity contribution in [2.45, 2.75) is 10.4 Å². The van der Waals surface area contributed by atoms with Crippen LogP contribution in [0.5, 0.6) is 0 Å². The van der Waals surface area contributed by atoms with Gasteiger partial charge >= 0.3 is 6.18 Å². The van der Waals surface area contributed by atoms with Crippen LogP contribution in [0, 0.1) is 0 Å². The summed E-state index contributed by atoms with van der Waals surface area (Å²) >= 11 is -1.54. The van der Waals surface area contributed by atoms with E-state index >= 15 is 0 Å². The van der Waals surface area contributed by atoms with E-state index in [1.807, 2.05) is 0 Å². The van der Waals surface area contributed by atoms with Gasteiger partial charge in [0.15, 0.2) is 5.01 Å². The lowest BCUT2D eigenvalue weighted by Crippen LogP contribution is -2.02. The van der Waals surface area contributed by atoms with Crippen molar-refractivity contribution < 1.29 is 21.6 Å². The van der Waals surface area contributed by atoms with Gasteiger partial charge in [0.25, 0.3) is 0 Å². The Kier molecular flexibility index (Phi) is 3.04. The summed E-state index contributed by atoms with van der Waals surface area (Å²) in [6.45, 7) is 0. The first-order valence-corrected chi connectivity index (χ1v) is 4.83. The summed E-state index contributed by atoms with van der Waals surface area (Å²) in [7, 11) is 1.14. The lowest BCUT2D eigenvalue weighted by Gasteiger charge is -1.98. The fraction of sp³-hybridized carbons (Fsp3) is 0.400. The molecule has 1 rings (SSSR count). The van der Waals surface area contributed by atoms with E-state index in [2.05, 4.69) is 9.17 Å². The Morgan fingerprint density at radius 3 is 2.62 bits per heavy atom. The van der Waals surface area contributed by atoms with Gasteiger partial charge in [-0.2, -0.15) is 13.2 Å². The van der Waals surface area contributed by atoms with E-state index in [0.717, 1.165) is 13.3 Å². The Morgan fingerprint density at radius 1 is 1.62 bits per heavy atom. The number of hydrogen-bond donors (Lipinski definition) is 0. The normalized spacial score (nSPS) is 14.5. The smallest absolute Gasteiger partial charge is 0.289 e. The predicted molar refractivity (Wildman–Crippen MR) is 40.5 cm³/mol. The largest absolute Gasteiger partial charge is 0.443 e. The lowest BCUT2D eigenvalue weighted by molar-refractivity contribution is -0.137. The summed E-state index contributed by atoms with van der Waals surface area (Å²) in [5, 5.41) is -1.02. The second-order valence-corrected chi connectivity index (χ2v) is 4.42. The first kappa shape index (κ1) is 10.6. The molecule has 1 aromatic rings. The van der Waals surface area contributed by atoms with Crippen molar-refractivity contribution in [2.75, 3.05) is 7.11 Å². The van der Waals surface area contributed by atoms with Crippen molar-refractivity contribution in [3.63, 3.8) is 0 Å². The highest BCUT2D eigenvalue weighted by Crippen LogP contribution is 2.33. The van der Waals surface area contributed by atoms with Crippen molar-refractivity contribution in [2.24, 2.45) is 0 Å². The SMILES string of the molecule is COS(=O)c1cnc(C(F)(F)F)s1. The highest BCUT2D eigenvalue weighted by molar-refractivity contribution is 7.82. The second-order valence-electron chi connectivity index (χ2n) is 1.88. The molecule has 0 saturated heterocycles. The first-order valence-electron chi connectivity index (χ1n) is 2.94. The maximum absolute atomic E-state index is 12.0. The minimum atomic E-state index is -4.49. The van der Waals surface area contributed by atoms with E-state index in [9.17, 15) is 17.4 Å². The number of thiazole rings is 1. The lowest BCUT2D eigenvalue weighted by atomic mass is 10.7. The molecule has 1 heterocycles. The van der Waals surface area contributed by atoms with Crippen molar-refractivity contribution in [3.8, 4) is 0 Å². The highest BCUT2D eigenvalue weighted by Gasteiger charge is 2.35. The van der Waals surface area contributed by atoms with Crippen molar-refractivity contribution >= 4 is 22.4 Å². The van der Waals surface area contributed by atoms with Gasteiger partial charge in [-0.25, -0.2) is 9.19 Å². The Labute approximate surface area is 78.2 Å². The van der Waals surface area contributed by atoms with E-state index in [1.54, 1.807) is 0 Å². The van der Waals surface area contributed by atoms with Gasteiger partial charge in [-0.3, -0.25) is 4.18 Å². The number of halogens is 3. The molecule has 0 radical (unpaired) electrons. The van der Waals surface area contributed by atoms with Crippen LogP contribution in [0.3, 0.4) is 0 Å². The van der Waals surface area contributed by atoms with Crippen LogP contribution in [-0.4, -0.2) is 16.3 Å². The molecule has 1 unspecified atom stereocenters. The summed E-state index contributed by atoms with van der Waals surface area (Å²) in [6.07, 6.45) is -3.59. The molecule has 0 amide bonds. The standard InChI is InChI=1S/C5H4F3NO2S2/c1-11-13(10)3-2-9-4(12-3)5(6,7)8/h2H,1H3. The molecule has 8 heteroatoms. The zero-order valence-electron chi connectivity index (χ0n) is 6.29. The van der Waals surface area contributed by atoms with Crippen LogP contribution < -0.4 is 0 Å². The van der Waals surface area contributed by atoms with Crippen molar-refractivity contribution in [1.82, 2.24) is 4.98 Å². The molecule has 0 fully saturated rings. The van der Waals surface area contributed by atoms with Crippen LogP contribution in [0.25, 0.3) is 0 Å². The molecule has 0 saturated carbocycles. The van der Waals surface area contributed by atoms with Gasteiger partial charge in [-0.05, 0) is 0 Å². The average molecular weight is 231 g/mol. The van der Waals surface area contributed by atoms with Crippen LogP contribution in [0.1, 0.15) is 5.01 Å². The molecule has 1 aromatic heterocycles. The fourth-order valence-corrected chi connectivity index (χ4v) is 2.08. The van der Waals surface area contributed by atoms with Crippen LogP contribution in [-0.2, 0) is 21.4 Å². The van der Waals surface area contributed by atoms with Gasteiger partial charge in [0.05, 0.1) is 13.3 Å². The summed E-state index contributed by atoms with van der Waals surface area (Å²) in [5.74, 6) is 0. The van der Waals surface area contributed by atoms with Gasteiger partial charge in [0.2, 0.25) is 11.1 Å². The maximum atomic E-state index is 12.0.